The maximum absolute atomic E-state index is 12.6. The molecule has 0 spiro atoms. The quantitative estimate of drug-likeness (QED) is 0.932. The van der Waals surface area contributed by atoms with Gasteiger partial charge in [0.05, 0.1) is 6.42 Å². The SMILES string of the molecule is FC(F)(F)CC1CN(c2ccnc(Cc3ccccc3)n2)CCN1. The third-order valence-corrected chi connectivity index (χ3v) is 3.95. The van der Waals surface area contributed by atoms with E-state index in [9.17, 15) is 13.2 Å². The molecule has 0 saturated carbocycles. The van der Waals surface area contributed by atoms with Crippen molar-refractivity contribution in [3.05, 3.63) is 54.0 Å². The lowest BCUT2D eigenvalue weighted by Gasteiger charge is -2.34. The van der Waals surface area contributed by atoms with E-state index in [4.69, 9.17) is 0 Å². The summed E-state index contributed by atoms with van der Waals surface area (Å²) in [5.74, 6) is 1.36. The summed E-state index contributed by atoms with van der Waals surface area (Å²) in [6, 6.07) is 11.0. The van der Waals surface area contributed by atoms with Crippen LogP contribution in [0.2, 0.25) is 0 Å². The first-order valence-corrected chi connectivity index (χ1v) is 7.90. The molecule has 0 aliphatic carbocycles. The second kappa shape index (κ2) is 7.17. The molecule has 1 aromatic carbocycles. The van der Waals surface area contributed by atoms with E-state index in [-0.39, 0.29) is 0 Å². The van der Waals surface area contributed by atoms with Gasteiger partial charge in [0, 0.05) is 38.3 Å². The van der Waals surface area contributed by atoms with E-state index >= 15 is 0 Å². The Morgan fingerprint density at radius 3 is 2.71 bits per heavy atom. The van der Waals surface area contributed by atoms with Crippen LogP contribution in [0.5, 0.6) is 0 Å². The normalized spacial score (nSPS) is 18.6. The molecule has 0 bridgehead atoms. The average molecular weight is 336 g/mol. The van der Waals surface area contributed by atoms with Gasteiger partial charge in [0.15, 0.2) is 0 Å². The van der Waals surface area contributed by atoms with Gasteiger partial charge < -0.3 is 10.2 Å². The van der Waals surface area contributed by atoms with Gasteiger partial charge in [-0.15, -0.1) is 0 Å². The summed E-state index contributed by atoms with van der Waals surface area (Å²) < 4.78 is 37.8. The summed E-state index contributed by atoms with van der Waals surface area (Å²) in [5, 5.41) is 2.92. The number of aromatic nitrogens is 2. The van der Waals surface area contributed by atoms with E-state index in [1.807, 2.05) is 35.2 Å². The summed E-state index contributed by atoms with van der Waals surface area (Å²) >= 11 is 0. The zero-order valence-electron chi connectivity index (χ0n) is 13.1. The molecule has 0 amide bonds. The van der Waals surface area contributed by atoms with E-state index in [0.717, 1.165) is 5.56 Å². The Morgan fingerprint density at radius 2 is 1.96 bits per heavy atom. The Balaban J connectivity index is 1.69. The van der Waals surface area contributed by atoms with Crippen LogP contribution in [-0.2, 0) is 6.42 Å². The molecule has 1 N–H and O–H groups in total. The maximum atomic E-state index is 12.6. The third kappa shape index (κ3) is 4.67. The van der Waals surface area contributed by atoms with Gasteiger partial charge in [-0.3, -0.25) is 0 Å². The first-order valence-electron chi connectivity index (χ1n) is 7.90. The number of nitrogens with one attached hydrogen (secondary N) is 1. The van der Waals surface area contributed by atoms with Crippen LogP contribution in [0.4, 0.5) is 19.0 Å². The van der Waals surface area contributed by atoms with Crippen LogP contribution in [0.3, 0.4) is 0 Å². The average Bonchev–Trinajstić information content (AvgIpc) is 2.55. The lowest BCUT2D eigenvalue weighted by molar-refractivity contribution is -0.139. The molecular formula is C17H19F3N4. The molecule has 1 aliphatic rings. The highest BCUT2D eigenvalue weighted by atomic mass is 19.4. The summed E-state index contributed by atoms with van der Waals surface area (Å²) in [4.78, 5) is 10.7. The fourth-order valence-electron chi connectivity index (χ4n) is 2.88. The van der Waals surface area contributed by atoms with Crippen LogP contribution < -0.4 is 10.2 Å². The smallest absolute Gasteiger partial charge is 0.354 e. The highest BCUT2D eigenvalue weighted by Crippen LogP contribution is 2.24. The number of halogens is 3. The molecule has 7 heteroatoms. The van der Waals surface area contributed by atoms with Crippen LogP contribution in [-0.4, -0.2) is 41.8 Å². The fourth-order valence-corrected chi connectivity index (χ4v) is 2.88. The van der Waals surface area contributed by atoms with Gasteiger partial charge in [-0.25, -0.2) is 9.97 Å². The largest absolute Gasteiger partial charge is 0.390 e. The number of hydrogen-bond acceptors (Lipinski definition) is 4. The summed E-state index contributed by atoms with van der Waals surface area (Å²) in [5.41, 5.74) is 1.10. The second-order valence-corrected chi connectivity index (χ2v) is 5.91. The second-order valence-electron chi connectivity index (χ2n) is 5.91. The molecule has 1 fully saturated rings. The number of benzene rings is 1. The predicted molar refractivity (Wildman–Crippen MR) is 86.0 cm³/mol. The van der Waals surface area contributed by atoms with Gasteiger partial charge in [-0.05, 0) is 11.6 Å². The van der Waals surface area contributed by atoms with Gasteiger partial charge in [0.25, 0.3) is 0 Å². The number of alkyl halides is 3. The fraction of sp³-hybridized carbons (Fsp3) is 0.412. The first kappa shape index (κ1) is 16.7. The molecule has 2 heterocycles. The minimum atomic E-state index is -4.16. The first-order chi connectivity index (χ1) is 11.5. The van der Waals surface area contributed by atoms with Crippen molar-refractivity contribution in [1.29, 1.82) is 0 Å². The van der Waals surface area contributed by atoms with Crippen molar-refractivity contribution in [2.45, 2.75) is 25.1 Å². The van der Waals surface area contributed by atoms with Crippen LogP contribution in [0.15, 0.2) is 42.6 Å². The molecule has 128 valence electrons. The monoisotopic (exact) mass is 336 g/mol. The Hall–Kier alpha value is -2.15. The summed E-state index contributed by atoms with van der Waals surface area (Å²) in [6.45, 7) is 1.44. The van der Waals surface area contributed by atoms with Crippen molar-refractivity contribution in [2.75, 3.05) is 24.5 Å². The van der Waals surface area contributed by atoms with E-state index in [2.05, 4.69) is 15.3 Å². The zero-order chi connectivity index (χ0) is 17.0. The van der Waals surface area contributed by atoms with E-state index in [1.54, 1.807) is 12.3 Å². The van der Waals surface area contributed by atoms with Gasteiger partial charge >= 0.3 is 6.18 Å². The minimum Gasteiger partial charge on any atom is -0.354 e. The molecule has 1 saturated heterocycles. The van der Waals surface area contributed by atoms with Gasteiger partial charge in [0.1, 0.15) is 11.6 Å². The molecule has 1 aliphatic heterocycles. The van der Waals surface area contributed by atoms with E-state index in [0.29, 0.717) is 37.7 Å². The van der Waals surface area contributed by atoms with Crippen molar-refractivity contribution in [1.82, 2.24) is 15.3 Å². The van der Waals surface area contributed by atoms with E-state index < -0.39 is 18.6 Å². The zero-order valence-corrected chi connectivity index (χ0v) is 13.1. The summed E-state index contributed by atoms with van der Waals surface area (Å²) in [7, 11) is 0. The maximum Gasteiger partial charge on any atom is 0.390 e. The molecule has 1 atom stereocenters. The third-order valence-electron chi connectivity index (χ3n) is 3.95. The Labute approximate surface area is 138 Å². The van der Waals surface area contributed by atoms with Gasteiger partial charge in [-0.1, -0.05) is 30.3 Å². The molecule has 2 aromatic rings. The van der Waals surface area contributed by atoms with Crippen LogP contribution in [0.25, 0.3) is 0 Å². The number of nitrogens with zero attached hydrogens (tertiary/aromatic N) is 3. The number of anilines is 1. The summed E-state index contributed by atoms with van der Waals surface area (Å²) in [6.07, 6.45) is -2.72. The topological polar surface area (TPSA) is 41.1 Å². The van der Waals surface area contributed by atoms with Crippen LogP contribution >= 0.6 is 0 Å². The molecule has 4 nitrogen and oxygen atoms in total. The molecular weight excluding hydrogens is 317 g/mol. The Morgan fingerprint density at radius 1 is 1.17 bits per heavy atom. The lowest BCUT2D eigenvalue weighted by Crippen LogP contribution is -2.52. The van der Waals surface area contributed by atoms with Crippen LogP contribution in [0.1, 0.15) is 17.8 Å². The highest BCUT2D eigenvalue weighted by molar-refractivity contribution is 5.39. The molecule has 0 radical (unpaired) electrons. The lowest BCUT2D eigenvalue weighted by atomic mass is 10.1. The van der Waals surface area contributed by atoms with E-state index in [1.165, 1.54) is 0 Å². The number of piperazine rings is 1. The molecule has 3 rings (SSSR count). The van der Waals surface area contributed by atoms with Crippen molar-refractivity contribution >= 4 is 5.82 Å². The van der Waals surface area contributed by atoms with Gasteiger partial charge in [-0.2, -0.15) is 13.2 Å². The highest BCUT2D eigenvalue weighted by Gasteiger charge is 2.34. The standard InChI is InChI=1S/C17H19F3N4/c18-17(19,20)11-14-12-24(9-8-21-14)16-6-7-22-15(23-16)10-13-4-2-1-3-5-13/h1-7,14,21H,8-12H2. The van der Waals surface area contributed by atoms with Crippen molar-refractivity contribution in [2.24, 2.45) is 0 Å². The van der Waals surface area contributed by atoms with Crippen LogP contribution in [0, 0.1) is 0 Å². The minimum absolute atomic E-state index is 0.293. The molecule has 24 heavy (non-hydrogen) atoms. The van der Waals surface area contributed by atoms with Crippen molar-refractivity contribution in [3.63, 3.8) is 0 Å². The Kier molecular flexibility index (Phi) is 4.99. The number of hydrogen-bond donors (Lipinski definition) is 1. The van der Waals surface area contributed by atoms with Gasteiger partial charge in [0.2, 0.25) is 0 Å². The molecule has 1 aromatic heterocycles. The van der Waals surface area contributed by atoms with Crippen molar-refractivity contribution < 1.29 is 13.2 Å². The van der Waals surface area contributed by atoms with Crippen molar-refractivity contribution in [3.8, 4) is 0 Å². The number of rotatable bonds is 4. The molecule has 1 unspecified atom stereocenters. The predicted octanol–water partition coefficient (Wildman–Crippen LogP) is 2.80. The Bertz CT molecular complexity index is 660.